The van der Waals surface area contributed by atoms with Gasteiger partial charge in [0.2, 0.25) is 0 Å². The highest BCUT2D eigenvalue weighted by Crippen LogP contribution is 2.22. The predicted molar refractivity (Wildman–Crippen MR) is 77.0 cm³/mol. The first-order chi connectivity index (χ1) is 9.26. The minimum Gasteiger partial charge on any atom is -0.382 e. The zero-order valence-corrected chi connectivity index (χ0v) is 11.7. The van der Waals surface area contributed by atoms with Gasteiger partial charge in [-0.2, -0.15) is 5.10 Å². The van der Waals surface area contributed by atoms with Crippen molar-refractivity contribution >= 4 is 0 Å². The minimum atomic E-state index is -0.593. The smallest absolute Gasteiger partial charge is 0.121 e. The van der Waals surface area contributed by atoms with Crippen LogP contribution in [0.4, 0.5) is 0 Å². The molecule has 0 bridgehead atoms. The van der Waals surface area contributed by atoms with Crippen LogP contribution in [0.1, 0.15) is 49.6 Å². The number of aliphatic hydroxyl groups excluding tert-OH is 1. The fraction of sp³-hybridized carbons (Fsp3) is 0.438. The highest BCUT2D eigenvalue weighted by molar-refractivity contribution is 5.29. The number of aromatic nitrogens is 2. The summed E-state index contributed by atoms with van der Waals surface area (Å²) in [6.07, 6.45) is 4.40. The van der Waals surface area contributed by atoms with Crippen molar-refractivity contribution < 1.29 is 5.11 Å². The molecule has 0 saturated carbocycles. The molecule has 1 heterocycles. The summed E-state index contributed by atoms with van der Waals surface area (Å²) >= 11 is 0. The van der Waals surface area contributed by atoms with Gasteiger partial charge in [-0.05, 0) is 30.0 Å². The van der Waals surface area contributed by atoms with Crippen LogP contribution in [0.25, 0.3) is 0 Å². The zero-order chi connectivity index (χ0) is 13.7. The SMILES string of the molecule is CCCc1ccc(C(O)c2ccnn2CCC)cc1. The lowest BCUT2D eigenvalue weighted by Crippen LogP contribution is -2.10. The molecule has 2 rings (SSSR count). The maximum atomic E-state index is 10.4. The van der Waals surface area contributed by atoms with E-state index >= 15 is 0 Å². The maximum Gasteiger partial charge on any atom is 0.121 e. The molecule has 1 N–H and O–H groups in total. The van der Waals surface area contributed by atoms with Gasteiger partial charge in [0.1, 0.15) is 6.10 Å². The normalized spacial score (nSPS) is 12.6. The molecule has 0 aliphatic rings. The molecule has 1 atom stereocenters. The predicted octanol–water partition coefficient (Wildman–Crippen LogP) is 3.33. The molecule has 1 unspecified atom stereocenters. The number of nitrogens with zero attached hydrogens (tertiary/aromatic N) is 2. The van der Waals surface area contributed by atoms with E-state index in [0.717, 1.165) is 37.1 Å². The minimum absolute atomic E-state index is 0.593. The van der Waals surface area contributed by atoms with Gasteiger partial charge in [0.05, 0.1) is 5.69 Å². The number of hydrogen-bond acceptors (Lipinski definition) is 2. The summed E-state index contributed by atoms with van der Waals surface area (Å²) in [6, 6.07) is 10.1. The number of hydrogen-bond donors (Lipinski definition) is 1. The zero-order valence-electron chi connectivity index (χ0n) is 11.7. The Morgan fingerprint density at radius 1 is 1.11 bits per heavy atom. The lowest BCUT2D eigenvalue weighted by atomic mass is 10.0. The summed E-state index contributed by atoms with van der Waals surface area (Å²) in [6.45, 7) is 5.12. The fourth-order valence-corrected chi connectivity index (χ4v) is 2.30. The topological polar surface area (TPSA) is 38.1 Å². The quantitative estimate of drug-likeness (QED) is 0.863. The van der Waals surface area contributed by atoms with E-state index in [1.807, 2.05) is 22.9 Å². The molecule has 0 fully saturated rings. The van der Waals surface area contributed by atoms with Gasteiger partial charge in [-0.3, -0.25) is 4.68 Å². The molecule has 0 aliphatic carbocycles. The summed E-state index contributed by atoms with van der Waals surface area (Å²) in [7, 11) is 0. The van der Waals surface area contributed by atoms with Crippen molar-refractivity contribution in [3.63, 3.8) is 0 Å². The van der Waals surface area contributed by atoms with Gasteiger partial charge >= 0.3 is 0 Å². The van der Waals surface area contributed by atoms with Crippen molar-refractivity contribution in [2.45, 2.75) is 45.8 Å². The van der Waals surface area contributed by atoms with Gasteiger partial charge in [0.25, 0.3) is 0 Å². The van der Waals surface area contributed by atoms with Crippen molar-refractivity contribution in [1.29, 1.82) is 0 Å². The monoisotopic (exact) mass is 258 g/mol. The molecule has 2 aromatic rings. The Labute approximate surface area is 114 Å². The maximum absolute atomic E-state index is 10.4. The van der Waals surface area contributed by atoms with E-state index in [0.29, 0.717) is 0 Å². The van der Waals surface area contributed by atoms with Gasteiger partial charge in [0.15, 0.2) is 0 Å². The van der Waals surface area contributed by atoms with Gasteiger partial charge in [-0.25, -0.2) is 0 Å². The highest BCUT2D eigenvalue weighted by Gasteiger charge is 2.14. The van der Waals surface area contributed by atoms with Crippen LogP contribution in [0.2, 0.25) is 0 Å². The van der Waals surface area contributed by atoms with Crippen LogP contribution in [0.15, 0.2) is 36.5 Å². The van der Waals surface area contributed by atoms with Crippen LogP contribution < -0.4 is 0 Å². The largest absolute Gasteiger partial charge is 0.382 e. The Bertz CT molecular complexity index is 502. The van der Waals surface area contributed by atoms with E-state index in [2.05, 4.69) is 31.1 Å². The third kappa shape index (κ3) is 3.24. The lowest BCUT2D eigenvalue weighted by Gasteiger charge is -2.14. The lowest BCUT2D eigenvalue weighted by molar-refractivity contribution is 0.207. The summed E-state index contributed by atoms with van der Waals surface area (Å²) in [5, 5.41) is 14.7. The number of benzene rings is 1. The molecule has 0 radical (unpaired) electrons. The first kappa shape index (κ1) is 13.8. The van der Waals surface area contributed by atoms with Gasteiger partial charge in [-0.15, -0.1) is 0 Å². The van der Waals surface area contributed by atoms with Gasteiger partial charge < -0.3 is 5.11 Å². The third-order valence-corrected chi connectivity index (χ3v) is 3.30. The van der Waals surface area contributed by atoms with E-state index in [1.165, 1.54) is 5.56 Å². The van der Waals surface area contributed by atoms with Crippen LogP contribution in [0.5, 0.6) is 0 Å². The molecule has 3 nitrogen and oxygen atoms in total. The molecule has 1 aromatic carbocycles. The molecule has 19 heavy (non-hydrogen) atoms. The Hall–Kier alpha value is -1.61. The Morgan fingerprint density at radius 2 is 1.84 bits per heavy atom. The van der Waals surface area contributed by atoms with E-state index in [-0.39, 0.29) is 0 Å². The van der Waals surface area contributed by atoms with E-state index in [1.54, 1.807) is 6.20 Å². The van der Waals surface area contributed by atoms with E-state index in [9.17, 15) is 5.11 Å². The molecule has 0 amide bonds. The number of aryl methyl sites for hydroxylation is 2. The van der Waals surface area contributed by atoms with Crippen molar-refractivity contribution in [1.82, 2.24) is 9.78 Å². The summed E-state index contributed by atoms with van der Waals surface area (Å²) in [5.74, 6) is 0. The summed E-state index contributed by atoms with van der Waals surface area (Å²) in [4.78, 5) is 0. The van der Waals surface area contributed by atoms with Crippen molar-refractivity contribution in [3.8, 4) is 0 Å². The van der Waals surface area contributed by atoms with Crippen LogP contribution in [-0.4, -0.2) is 14.9 Å². The van der Waals surface area contributed by atoms with Crippen molar-refractivity contribution in [3.05, 3.63) is 53.3 Å². The van der Waals surface area contributed by atoms with Crippen LogP contribution in [0, 0.1) is 0 Å². The molecule has 0 saturated heterocycles. The first-order valence-corrected chi connectivity index (χ1v) is 7.04. The molecular formula is C16H22N2O. The second-order valence-corrected chi connectivity index (χ2v) is 4.87. The van der Waals surface area contributed by atoms with E-state index in [4.69, 9.17) is 0 Å². The summed E-state index contributed by atoms with van der Waals surface area (Å²) < 4.78 is 1.88. The average molecular weight is 258 g/mol. The van der Waals surface area contributed by atoms with Crippen molar-refractivity contribution in [2.75, 3.05) is 0 Å². The second-order valence-electron chi connectivity index (χ2n) is 4.87. The fourth-order valence-electron chi connectivity index (χ4n) is 2.30. The van der Waals surface area contributed by atoms with Crippen LogP contribution >= 0.6 is 0 Å². The molecule has 0 spiro atoms. The average Bonchev–Trinajstić information content (AvgIpc) is 2.88. The molecule has 0 aliphatic heterocycles. The van der Waals surface area contributed by atoms with Gasteiger partial charge in [0, 0.05) is 12.7 Å². The highest BCUT2D eigenvalue weighted by atomic mass is 16.3. The Morgan fingerprint density at radius 3 is 2.47 bits per heavy atom. The van der Waals surface area contributed by atoms with Crippen LogP contribution in [-0.2, 0) is 13.0 Å². The number of aliphatic hydroxyl groups is 1. The van der Waals surface area contributed by atoms with E-state index < -0.39 is 6.10 Å². The molecular weight excluding hydrogens is 236 g/mol. The Balaban J connectivity index is 2.18. The second kappa shape index (κ2) is 6.53. The Kier molecular flexibility index (Phi) is 4.74. The van der Waals surface area contributed by atoms with Crippen molar-refractivity contribution in [2.24, 2.45) is 0 Å². The van der Waals surface area contributed by atoms with Gasteiger partial charge in [-0.1, -0.05) is 44.5 Å². The molecule has 1 aromatic heterocycles. The number of rotatable bonds is 6. The molecule has 3 heteroatoms. The molecule has 102 valence electrons. The standard InChI is InChI=1S/C16H22N2O/c1-3-5-13-6-8-14(9-7-13)16(19)15-10-11-17-18(15)12-4-2/h6-11,16,19H,3-5,12H2,1-2H3. The van der Waals surface area contributed by atoms with Crippen LogP contribution in [0.3, 0.4) is 0 Å². The summed E-state index contributed by atoms with van der Waals surface area (Å²) in [5.41, 5.74) is 3.11. The first-order valence-electron chi connectivity index (χ1n) is 7.04. The third-order valence-electron chi connectivity index (χ3n) is 3.30.